The van der Waals surface area contributed by atoms with Gasteiger partial charge in [-0.2, -0.15) is 0 Å². The highest BCUT2D eigenvalue weighted by atomic mass is 16.5. The third kappa shape index (κ3) is 5.13. The van der Waals surface area contributed by atoms with E-state index in [1.807, 2.05) is 37.3 Å². The average molecular weight is 358 g/mol. The molecule has 0 spiro atoms. The zero-order chi connectivity index (χ0) is 18.9. The summed E-state index contributed by atoms with van der Waals surface area (Å²) < 4.78 is 16.1. The Labute approximate surface area is 154 Å². The number of methoxy groups -OCH3 is 2. The van der Waals surface area contributed by atoms with E-state index in [2.05, 4.69) is 5.32 Å². The van der Waals surface area contributed by atoms with Crippen LogP contribution in [0.5, 0.6) is 17.2 Å². The van der Waals surface area contributed by atoms with Gasteiger partial charge in [0.25, 0.3) is 5.91 Å². The summed E-state index contributed by atoms with van der Waals surface area (Å²) in [4.78, 5) is 11.6. The molecule has 0 aliphatic heterocycles. The molecule has 140 valence electrons. The van der Waals surface area contributed by atoms with E-state index < -0.39 is 0 Å². The van der Waals surface area contributed by atoms with Gasteiger partial charge in [0, 0.05) is 18.2 Å². The van der Waals surface area contributed by atoms with E-state index in [0.717, 1.165) is 17.5 Å². The summed E-state index contributed by atoms with van der Waals surface area (Å²) in [6, 6.07) is 12.6. The lowest BCUT2D eigenvalue weighted by molar-refractivity contribution is -0.123. The van der Waals surface area contributed by atoms with Crippen molar-refractivity contribution >= 4 is 5.91 Å². The van der Waals surface area contributed by atoms with Gasteiger partial charge in [0.1, 0.15) is 17.2 Å². The van der Waals surface area contributed by atoms with Crippen LogP contribution >= 0.6 is 0 Å². The van der Waals surface area contributed by atoms with Crippen LogP contribution in [0, 0.1) is 0 Å². The smallest absolute Gasteiger partial charge is 0.257 e. The Hall–Kier alpha value is -2.73. The predicted octanol–water partition coefficient (Wildman–Crippen LogP) is 2.66. The molecule has 0 aromatic heterocycles. The molecule has 1 unspecified atom stereocenters. The molecule has 0 aliphatic carbocycles. The van der Waals surface area contributed by atoms with Gasteiger partial charge < -0.3 is 25.3 Å². The number of rotatable bonds is 9. The molecule has 0 saturated carbocycles. The maximum absolute atomic E-state index is 11.6. The average Bonchev–Trinajstić information content (AvgIpc) is 2.69. The molecular weight excluding hydrogens is 332 g/mol. The van der Waals surface area contributed by atoms with Gasteiger partial charge in [-0.3, -0.25) is 4.79 Å². The molecule has 6 heteroatoms. The molecule has 26 heavy (non-hydrogen) atoms. The molecule has 6 nitrogen and oxygen atoms in total. The number of amides is 1. The van der Waals surface area contributed by atoms with Crippen molar-refractivity contribution in [3.8, 4) is 17.2 Å². The van der Waals surface area contributed by atoms with Crippen LogP contribution in [0.2, 0.25) is 0 Å². The van der Waals surface area contributed by atoms with Crippen LogP contribution in [0.4, 0.5) is 0 Å². The van der Waals surface area contributed by atoms with Crippen LogP contribution in [0.25, 0.3) is 0 Å². The lowest BCUT2D eigenvalue weighted by atomic mass is 9.98. The van der Waals surface area contributed by atoms with Crippen LogP contribution < -0.4 is 25.3 Å². The van der Waals surface area contributed by atoms with E-state index in [-0.39, 0.29) is 18.6 Å². The molecular formula is C20H26N2O4. The van der Waals surface area contributed by atoms with Crippen molar-refractivity contribution in [1.29, 1.82) is 0 Å². The fraction of sp³-hybridized carbons (Fsp3) is 0.350. The summed E-state index contributed by atoms with van der Waals surface area (Å²) in [5, 5.41) is 2.77. The second-order valence-electron chi connectivity index (χ2n) is 5.79. The van der Waals surface area contributed by atoms with Gasteiger partial charge in [0.05, 0.1) is 20.3 Å². The highest BCUT2D eigenvalue weighted by Gasteiger charge is 2.15. The number of carbonyl (C=O) groups excluding carboxylic acids is 1. The fourth-order valence-electron chi connectivity index (χ4n) is 2.49. The summed E-state index contributed by atoms with van der Waals surface area (Å²) in [6.07, 6.45) is 0.896. The van der Waals surface area contributed by atoms with E-state index in [0.29, 0.717) is 23.8 Å². The Balaban J connectivity index is 2.04. The van der Waals surface area contributed by atoms with Crippen molar-refractivity contribution < 1.29 is 19.0 Å². The molecule has 0 aliphatic rings. The standard InChI is InChI=1S/C20H26N2O4/c1-4-11-22-19(23)13-26-15-7-5-14(6-8-15)20(21)17-10-9-16(24-2)12-18(17)25-3/h5-10,12,20H,4,11,13,21H2,1-3H3,(H,22,23). The summed E-state index contributed by atoms with van der Waals surface area (Å²) >= 11 is 0. The van der Waals surface area contributed by atoms with Crippen molar-refractivity contribution in [1.82, 2.24) is 5.32 Å². The van der Waals surface area contributed by atoms with Crippen molar-refractivity contribution in [2.24, 2.45) is 5.73 Å². The van der Waals surface area contributed by atoms with Crippen molar-refractivity contribution in [2.45, 2.75) is 19.4 Å². The monoisotopic (exact) mass is 358 g/mol. The van der Waals surface area contributed by atoms with E-state index in [1.165, 1.54) is 0 Å². The minimum Gasteiger partial charge on any atom is -0.497 e. The van der Waals surface area contributed by atoms with Gasteiger partial charge in [-0.15, -0.1) is 0 Å². The number of nitrogens with two attached hydrogens (primary N) is 1. The number of hydrogen-bond acceptors (Lipinski definition) is 5. The molecule has 1 atom stereocenters. The zero-order valence-electron chi connectivity index (χ0n) is 15.5. The van der Waals surface area contributed by atoms with Gasteiger partial charge in [-0.1, -0.05) is 19.1 Å². The number of carbonyl (C=O) groups is 1. The number of benzene rings is 2. The predicted molar refractivity (Wildman–Crippen MR) is 101 cm³/mol. The minimum absolute atomic E-state index is 0.00228. The van der Waals surface area contributed by atoms with Crippen molar-refractivity contribution in [2.75, 3.05) is 27.4 Å². The summed E-state index contributed by atoms with van der Waals surface area (Å²) in [5.74, 6) is 1.87. The van der Waals surface area contributed by atoms with Crippen LogP contribution in [0.3, 0.4) is 0 Å². The van der Waals surface area contributed by atoms with E-state index >= 15 is 0 Å². The van der Waals surface area contributed by atoms with Gasteiger partial charge in [-0.25, -0.2) is 0 Å². The highest BCUT2D eigenvalue weighted by Crippen LogP contribution is 2.32. The summed E-state index contributed by atoms with van der Waals surface area (Å²) in [6.45, 7) is 2.65. The van der Waals surface area contributed by atoms with Gasteiger partial charge in [-0.05, 0) is 36.2 Å². The van der Waals surface area contributed by atoms with Crippen LogP contribution in [0.1, 0.15) is 30.5 Å². The van der Waals surface area contributed by atoms with E-state index in [1.54, 1.807) is 26.4 Å². The molecule has 3 N–H and O–H groups in total. The SMILES string of the molecule is CCCNC(=O)COc1ccc(C(N)c2ccc(OC)cc2OC)cc1. The third-order valence-corrected chi connectivity index (χ3v) is 3.96. The number of nitrogens with one attached hydrogen (secondary N) is 1. The van der Waals surface area contributed by atoms with Crippen LogP contribution in [0.15, 0.2) is 42.5 Å². The van der Waals surface area contributed by atoms with E-state index in [9.17, 15) is 4.79 Å². The van der Waals surface area contributed by atoms with Gasteiger partial charge in [0.15, 0.2) is 6.61 Å². The largest absolute Gasteiger partial charge is 0.497 e. The lowest BCUT2D eigenvalue weighted by Crippen LogP contribution is -2.29. The normalized spacial score (nSPS) is 11.5. The van der Waals surface area contributed by atoms with Crippen LogP contribution in [-0.2, 0) is 4.79 Å². The molecule has 1 amide bonds. The Morgan fingerprint density at radius 3 is 2.38 bits per heavy atom. The Kier molecular flexibility index (Phi) is 7.29. The molecule has 0 fully saturated rings. The second kappa shape index (κ2) is 9.68. The van der Waals surface area contributed by atoms with Crippen molar-refractivity contribution in [3.63, 3.8) is 0 Å². The minimum atomic E-state index is -0.349. The molecule has 0 bridgehead atoms. The van der Waals surface area contributed by atoms with Gasteiger partial charge in [0.2, 0.25) is 0 Å². The topological polar surface area (TPSA) is 82.8 Å². The first-order chi connectivity index (χ1) is 12.6. The maximum atomic E-state index is 11.6. The number of ether oxygens (including phenoxy) is 3. The molecule has 0 radical (unpaired) electrons. The van der Waals surface area contributed by atoms with Gasteiger partial charge >= 0.3 is 0 Å². The van der Waals surface area contributed by atoms with E-state index in [4.69, 9.17) is 19.9 Å². The summed E-state index contributed by atoms with van der Waals surface area (Å²) in [7, 11) is 3.21. The Morgan fingerprint density at radius 2 is 1.77 bits per heavy atom. The molecule has 2 aromatic carbocycles. The van der Waals surface area contributed by atoms with Crippen molar-refractivity contribution in [3.05, 3.63) is 53.6 Å². The zero-order valence-corrected chi connectivity index (χ0v) is 15.5. The quantitative estimate of drug-likeness (QED) is 0.720. The first-order valence-corrected chi connectivity index (χ1v) is 8.56. The highest BCUT2D eigenvalue weighted by molar-refractivity contribution is 5.77. The first kappa shape index (κ1) is 19.6. The molecule has 2 aromatic rings. The Morgan fingerprint density at radius 1 is 1.08 bits per heavy atom. The third-order valence-electron chi connectivity index (χ3n) is 3.96. The molecule has 0 saturated heterocycles. The molecule has 0 heterocycles. The lowest BCUT2D eigenvalue weighted by Gasteiger charge is -2.17. The maximum Gasteiger partial charge on any atom is 0.257 e. The van der Waals surface area contributed by atoms with Crippen LogP contribution in [-0.4, -0.2) is 33.3 Å². The Bertz CT molecular complexity index is 716. The second-order valence-corrected chi connectivity index (χ2v) is 5.79. The fourth-order valence-corrected chi connectivity index (χ4v) is 2.49. The summed E-state index contributed by atoms with van der Waals surface area (Å²) in [5.41, 5.74) is 8.16. The molecule has 2 rings (SSSR count). The first-order valence-electron chi connectivity index (χ1n) is 8.56. The number of hydrogen-bond donors (Lipinski definition) is 2.